The third-order valence-electron chi connectivity index (χ3n) is 5.65. The molecule has 182 valence electrons. The molecule has 0 fully saturated rings. The third-order valence-corrected chi connectivity index (χ3v) is 6.26. The molecule has 0 aliphatic rings. The Balaban J connectivity index is 1.97. The largest absolute Gasteiger partial charge is 0.496 e. The second kappa shape index (κ2) is 8.74. The van der Waals surface area contributed by atoms with Crippen LogP contribution >= 0.6 is 0 Å². The van der Waals surface area contributed by atoms with Gasteiger partial charge in [0, 0.05) is 29.1 Å². The third kappa shape index (κ3) is 5.00. The number of anilines is 1. The van der Waals surface area contributed by atoms with Crippen LogP contribution in [-0.4, -0.2) is 31.3 Å². The van der Waals surface area contributed by atoms with Gasteiger partial charge in [-0.15, -0.1) is 0 Å². The number of hydrogen-bond donors (Lipinski definition) is 2. The molecule has 1 aromatic heterocycles. The Bertz CT molecular complexity index is 1630. The lowest BCUT2D eigenvalue weighted by atomic mass is 9.83. The number of rotatable bonds is 5. The predicted octanol–water partition coefficient (Wildman–Crippen LogP) is 4.02. The molecule has 0 saturated heterocycles. The van der Waals surface area contributed by atoms with Crippen molar-refractivity contribution in [2.24, 2.45) is 0 Å². The molecule has 2 N–H and O–H groups in total. The molecule has 3 aromatic carbocycles. The number of nitrogens with zero attached hydrogens (tertiary/aromatic N) is 1. The zero-order chi connectivity index (χ0) is 25.5. The lowest BCUT2D eigenvalue weighted by Crippen LogP contribution is -2.32. The fourth-order valence-corrected chi connectivity index (χ4v) is 4.65. The summed E-state index contributed by atoms with van der Waals surface area (Å²) in [6.07, 6.45) is 2.43. The number of H-pyrrole nitrogens is 1. The van der Waals surface area contributed by atoms with Gasteiger partial charge in [-0.1, -0.05) is 39.0 Å². The van der Waals surface area contributed by atoms with E-state index < -0.39 is 21.3 Å². The maximum atomic E-state index is 12.6. The standard InChI is InChI=1S/C26H27N3O5S/c1-26(2,3)22-15-20(29-23(30)10-11-27-25(29)31)14-21(24(22)34-4)18-7-6-17-13-19(28-35(5,32)33)9-8-16(17)12-18/h6-15,28H,1-5H3,(H,27,31). The van der Waals surface area contributed by atoms with Crippen molar-refractivity contribution in [1.29, 1.82) is 0 Å². The predicted molar refractivity (Wildman–Crippen MR) is 139 cm³/mol. The van der Waals surface area contributed by atoms with Gasteiger partial charge in [-0.3, -0.25) is 9.52 Å². The Hall–Kier alpha value is -3.85. The number of benzene rings is 3. The zero-order valence-electron chi connectivity index (χ0n) is 20.2. The molecule has 1 heterocycles. The number of hydrogen-bond acceptors (Lipinski definition) is 5. The van der Waals surface area contributed by atoms with Crippen LogP contribution in [-0.2, 0) is 15.4 Å². The van der Waals surface area contributed by atoms with Crippen LogP contribution in [0.25, 0.3) is 27.6 Å². The molecule has 0 bridgehead atoms. The normalized spacial score (nSPS) is 12.0. The smallest absolute Gasteiger partial charge is 0.332 e. The van der Waals surface area contributed by atoms with Crippen LogP contribution in [0.15, 0.2) is 70.4 Å². The minimum absolute atomic E-state index is 0.343. The second-order valence-electron chi connectivity index (χ2n) is 9.43. The van der Waals surface area contributed by atoms with E-state index in [-0.39, 0.29) is 5.41 Å². The van der Waals surface area contributed by atoms with E-state index in [1.54, 1.807) is 25.3 Å². The minimum atomic E-state index is -3.39. The van der Waals surface area contributed by atoms with E-state index in [0.29, 0.717) is 17.1 Å². The Morgan fingerprint density at radius 2 is 1.63 bits per heavy atom. The molecule has 4 aromatic rings. The van der Waals surface area contributed by atoms with Gasteiger partial charge in [0.2, 0.25) is 10.0 Å². The maximum absolute atomic E-state index is 12.6. The highest BCUT2D eigenvalue weighted by Crippen LogP contribution is 2.41. The summed E-state index contributed by atoms with van der Waals surface area (Å²) in [4.78, 5) is 27.7. The topological polar surface area (TPSA) is 110 Å². The van der Waals surface area contributed by atoms with E-state index >= 15 is 0 Å². The molecule has 0 saturated carbocycles. The summed E-state index contributed by atoms with van der Waals surface area (Å²) < 4.78 is 32.6. The summed E-state index contributed by atoms with van der Waals surface area (Å²) in [6.45, 7) is 6.10. The van der Waals surface area contributed by atoms with Gasteiger partial charge in [0.1, 0.15) is 5.75 Å². The molecule has 8 nitrogen and oxygen atoms in total. The number of aromatic nitrogens is 2. The molecule has 0 atom stereocenters. The quantitative estimate of drug-likeness (QED) is 0.436. The first-order valence-electron chi connectivity index (χ1n) is 10.9. The first-order valence-corrected chi connectivity index (χ1v) is 12.8. The van der Waals surface area contributed by atoms with Gasteiger partial charge in [0.25, 0.3) is 5.56 Å². The zero-order valence-corrected chi connectivity index (χ0v) is 21.0. The van der Waals surface area contributed by atoms with Crippen LogP contribution in [0.4, 0.5) is 5.69 Å². The Kier molecular flexibility index (Phi) is 6.06. The van der Waals surface area contributed by atoms with E-state index in [2.05, 4.69) is 9.71 Å². The van der Waals surface area contributed by atoms with Gasteiger partial charge in [-0.2, -0.15) is 0 Å². The lowest BCUT2D eigenvalue weighted by Gasteiger charge is -2.25. The van der Waals surface area contributed by atoms with Gasteiger partial charge >= 0.3 is 5.69 Å². The monoisotopic (exact) mass is 493 g/mol. The Morgan fingerprint density at radius 3 is 2.26 bits per heavy atom. The average Bonchev–Trinajstić information content (AvgIpc) is 2.76. The van der Waals surface area contributed by atoms with Gasteiger partial charge in [-0.25, -0.2) is 17.8 Å². The fraction of sp³-hybridized carbons (Fsp3) is 0.231. The number of ether oxygens (including phenoxy) is 1. The summed E-state index contributed by atoms with van der Waals surface area (Å²) in [5, 5.41) is 1.74. The fourth-order valence-electron chi connectivity index (χ4n) is 4.09. The Labute approximate surface area is 203 Å². The van der Waals surface area contributed by atoms with Crippen molar-refractivity contribution in [1.82, 2.24) is 9.55 Å². The average molecular weight is 494 g/mol. The van der Waals surface area contributed by atoms with E-state index in [9.17, 15) is 18.0 Å². The molecule has 0 unspecified atom stereocenters. The summed E-state index contributed by atoms with van der Waals surface area (Å²) >= 11 is 0. The van der Waals surface area contributed by atoms with E-state index in [1.165, 1.54) is 12.3 Å². The second-order valence-corrected chi connectivity index (χ2v) is 11.2. The van der Waals surface area contributed by atoms with E-state index in [1.807, 2.05) is 51.1 Å². The molecule has 0 amide bonds. The van der Waals surface area contributed by atoms with E-state index in [0.717, 1.165) is 38.3 Å². The van der Waals surface area contributed by atoms with Crippen LogP contribution in [0.1, 0.15) is 26.3 Å². The van der Waals surface area contributed by atoms with E-state index in [4.69, 9.17) is 4.74 Å². The van der Waals surface area contributed by atoms with Crippen LogP contribution in [0.2, 0.25) is 0 Å². The first kappa shape index (κ1) is 24.3. The van der Waals surface area contributed by atoms with Crippen LogP contribution < -0.4 is 20.7 Å². The maximum Gasteiger partial charge on any atom is 0.332 e. The van der Waals surface area contributed by atoms with Crippen molar-refractivity contribution in [2.75, 3.05) is 18.1 Å². The van der Waals surface area contributed by atoms with Crippen molar-refractivity contribution >= 4 is 26.5 Å². The molecule has 0 radical (unpaired) electrons. The SMILES string of the molecule is COc1c(-c2ccc3cc(NS(C)(=O)=O)ccc3c2)cc(-n2c(=O)cc[nH]c2=O)cc1C(C)(C)C. The molecule has 0 spiro atoms. The molecule has 0 aliphatic carbocycles. The van der Waals surface area contributed by atoms with Crippen molar-refractivity contribution in [3.05, 3.63) is 87.2 Å². The summed E-state index contributed by atoms with van der Waals surface area (Å²) in [7, 11) is -1.79. The van der Waals surface area contributed by atoms with Crippen molar-refractivity contribution in [2.45, 2.75) is 26.2 Å². The highest BCUT2D eigenvalue weighted by atomic mass is 32.2. The highest BCUT2D eigenvalue weighted by Gasteiger charge is 2.24. The summed E-state index contributed by atoms with van der Waals surface area (Å²) in [5.74, 6) is 0.649. The van der Waals surface area contributed by atoms with Crippen LogP contribution in [0.5, 0.6) is 5.75 Å². The summed E-state index contributed by atoms with van der Waals surface area (Å²) in [5.41, 5.74) is 2.00. The molecule has 35 heavy (non-hydrogen) atoms. The van der Waals surface area contributed by atoms with Crippen molar-refractivity contribution in [3.8, 4) is 22.6 Å². The number of fused-ring (bicyclic) bond motifs is 1. The molecule has 0 aliphatic heterocycles. The number of aromatic amines is 1. The number of methoxy groups -OCH3 is 1. The highest BCUT2D eigenvalue weighted by molar-refractivity contribution is 7.92. The Morgan fingerprint density at radius 1 is 0.943 bits per heavy atom. The summed E-state index contributed by atoms with van der Waals surface area (Å²) in [6, 6.07) is 15.9. The van der Waals surface area contributed by atoms with Crippen LogP contribution in [0, 0.1) is 0 Å². The number of nitrogens with one attached hydrogen (secondary N) is 2. The molecule has 9 heteroatoms. The van der Waals surface area contributed by atoms with Gasteiger partial charge in [0.05, 0.1) is 19.1 Å². The van der Waals surface area contributed by atoms with Gasteiger partial charge in [-0.05, 0) is 52.1 Å². The molecular weight excluding hydrogens is 466 g/mol. The van der Waals surface area contributed by atoms with Gasteiger partial charge < -0.3 is 9.72 Å². The minimum Gasteiger partial charge on any atom is -0.496 e. The lowest BCUT2D eigenvalue weighted by molar-refractivity contribution is 0.399. The van der Waals surface area contributed by atoms with Crippen LogP contribution in [0.3, 0.4) is 0 Å². The molecular formula is C26H27N3O5S. The van der Waals surface area contributed by atoms with Gasteiger partial charge in [0.15, 0.2) is 0 Å². The van der Waals surface area contributed by atoms with Crippen molar-refractivity contribution < 1.29 is 13.2 Å². The molecule has 4 rings (SSSR count). The first-order chi connectivity index (χ1) is 16.4. The number of sulfonamides is 1. The van der Waals surface area contributed by atoms with Crippen molar-refractivity contribution in [3.63, 3.8) is 0 Å².